The quantitative estimate of drug-likeness (QED) is 0.633. The number of rotatable bonds is 6. The third-order valence-corrected chi connectivity index (χ3v) is 5.59. The average molecular weight is 493 g/mol. The standard InChI is InChI=1S/C22H29BrN4O4/c1-22(2,3)31-13-17(26-21(29)30-4)20(28)27-11-5-6-18(27)19-24-12-16(25-19)14-7-9-15(23)10-8-14/h7-10,12,17-18H,5-6,11,13H2,1-4H3,(H,24,25)(H,26,29)/t17-,18-/m0/s1. The third-order valence-electron chi connectivity index (χ3n) is 5.06. The second-order valence-corrected chi connectivity index (χ2v) is 9.41. The molecular formula is C22H29BrN4O4. The first-order chi connectivity index (χ1) is 14.7. The molecule has 8 nitrogen and oxygen atoms in total. The van der Waals surface area contributed by atoms with E-state index in [1.165, 1.54) is 7.11 Å². The fraction of sp³-hybridized carbons (Fsp3) is 0.500. The van der Waals surface area contributed by atoms with Crippen molar-refractivity contribution < 1.29 is 19.1 Å². The molecule has 1 aromatic carbocycles. The number of aromatic amines is 1. The molecule has 2 aromatic rings. The monoisotopic (exact) mass is 492 g/mol. The van der Waals surface area contributed by atoms with Crippen LogP contribution in [0, 0.1) is 0 Å². The van der Waals surface area contributed by atoms with Crippen LogP contribution in [-0.2, 0) is 14.3 Å². The number of hydrogen-bond donors (Lipinski definition) is 2. The molecule has 2 amide bonds. The first-order valence-electron chi connectivity index (χ1n) is 10.3. The lowest BCUT2D eigenvalue weighted by Crippen LogP contribution is -2.51. The number of alkyl carbamates (subject to hydrolysis) is 1. The van der Waals surface area contributed by atoms with E-state index in [0.29, 0.717) is 6.54 Å². The zero-order valence-corrected chi connectivity index (χ0v) is 19.9. The van der Waals surface area contributed by atoms with Crippen LogP contribution in [0.15, 0.2) is 34.9 Å². The van der Waals surface area contributed by atoms with Crippen molar-refractivity contribution in [3.63, 3.8) is 0 Å². The van der Waals surface area contributed by atoms with Crippen LogP contribution in [0.25, 0.3) is 11.3 Å². The van der Waals surface area contributed by atoms with Crippen LogP contribution >= 0.6 is 15.9 Å². The highest BCUT2D eigenvalue weighted by molar-refractivity contribution is 9.10. The van der Waals surface area contributed by atoms with Crippen molar-refractivity contribution in [2.45, 2.75) is 51.3 Å². The second kappa shape index (κ2) is 9.82. The second-order valence-electron chi connectivity index (χ2n) is 8.49. The molecule has 1 aliphatic rings. The molecule has 0 unspecified atom stereocenters. The predicted octanol–water partition coefficient (Wildman–Crippen LogP) is 4.04. The number of carbonyl (C=O) groups is 2. The van der Waals surface area contributed by atoms with Gasteiger partial charge in [0, 0.05) is 11.0 Å². The van der Waals surface area contributed by atoms with Gasteiger partial charge in [0.05, 0.1) is 37.3 Å². The van der Waals surface area contributed by atoms with Crippen LogP contribution in [0.5, 0.6) is 0 Å². The highest BCUT2D eigenvalue weighted by Gasteiger charge is 2.37. The van der Waals surface area contributed by atoms with Gasteiger partial charge in [0.15, 0.2) is 0 Å². The van der Waals surface area contributed by atoms with E-state index in [9.17, 15) is 9.59 Å². The summed E-state index contributed by atoms with van der Waals surface area (Å²) in [5, 5.41) is 2.61. The Morgan fingerprint density at radius 3 is 2.68 bits per heavy atom. The number of halogens is 1. The summed E-state index contributed by atoms with van der Waals surface area (Å²) in [5.41, 5.74) is 1.46. The summed E-state index contributed by atoms with van der Waals surface area (Å²) in [5.74, 6) is 0.524. The zero-order valence-electron chi connectivity index (χ0n) is 18.3. The maximum absolute atomic E-state index is 13.3. The van der Waals surface area contributed by atoms with E-state index in [-0.39, 0.29) is 18.6 Å². The Labute approximate surface area is 190 Å². The minimum absolute atomic E-state index is 0.0585. The van der Waals surface area contributed by atoms with Gasteiger partial charge in [0.2, 0.25) is 5.91 Å². The number of amides is 2. The Morgan fingerprint density at radius 2 is 2.03 bits per heavy atom. The Hall–Kier alpha value is -2.39. The number of hydrogen-bond acceptors (Lipinski definition) is 5. The smallest absolute Gasteiger partial charge is 0.407 e. The molecular weight excluding hydrogens is 464 g/mol. The number of aromatic nitrogens is 2. The normalized spacial score (nSPS) is 17.5. The Bertz CT molecular complexity index is 907. The lowest BCUT2D eigenvalue weighted by molar-refractivity contribution is -0.137. The fourth-order valence-corrected chi connectivity index (χ4v) is 3.77. The van der Waals surface area contributed by atoms with Gasteiger partial charge >= 0.3 is 6.09 Å². The van der Waals surface area contributed by atoms with Crippen molar-refractivity contribution in [3.8, 4) is 11.3 Å². The van der Waals surface area contributed by atoms with E-state index in [1.54, 1.807) is 11.1 Å². The van der Waals surface area contributed by atoms with Crippen molar-refractivity contribution in [2.24, 2.45) is 0 Å². The van der Waals surface area contributed by atoms with Gasteiger partial charge in [-0.15, -0.1) is 0 Å². The van der Waals surface area contributed by atoms with Crippen molar-refractivity contribution in [1.29, 1.82) is 0 Å². The Kier molecular flexibility index (Phi) is 7.38. The summed E-state index contributed by atoms with van der Waals surface area (Å²) in [6.07, 6.45) is 2.77. The van der Waals surface area contributed by atoms with E-state index in [1.807, 2.05) is 45.0 Å². The number of nitrogens with zero attached hydrogens (tertiary/aromatic N) is 2. The molecule has 2 heterocycles. The van der Waals surface area contributed by atoms with E-state index in [4.69, 9.17) is 9.47 Å². The van der Waals surface area contributed by atoms with E-state index >= 15 is 0 Å². The largest absolute Gasteiger partial charge is 0.453 e. The molecule has 0 bridgehead atoms. The molecule has 2 atom stereocenters. The minimum Gasteiger partial charge on any atom is -0.453 e. The van der Waals surface area contributed by atoms with Crippen LogP contribution < -0.4 is 5.32 Å². The van der Waals surface area contributed by atoms with E-state index in [0.717, 1.165) is 34.4 Å². The number of methoxy groups -OCH3 is 1. The van der Waals surface area contributed by atoms with E-state index in [2.05, 4.69) is 31.2 Å². The highest BCUT2D eigenvalue weighted by atomic mass is 79.9. The van der Waals surface area contributed by atoms with Gasteiger partial charge in [-0.3, -0.25) is 4.79 Å². The number of benzene rings is 1. The Balaban J connectivity index is 1.77. The van der Waals surface area contributed by atoms with Crippen molar-refractivity contribution in [3.05, 3.63) is 40.8 Å². The summed E-state index contributed by atoms with van der Waals surface area (Å²) in [7, 11) is 1.27. The molecule has 0 spiro atoms. The number of H-pyrrole nitrogens is 1. The van der Waals surface area contributed by atoms with Crippen molar-refractivity contribution in [1.82, 2.24) is 20.2 Å². The summed E-state index contributed by atoms with van der Waals surface area (Å²) in [4.78, 5) is 34.8. The third kappa shape index (κ3) is 6.07. The molecule has 0 radical (unpaired) electrons. The summed E-state index contributed by atoms with van der Waals surface area (Å²) >= 11 is 3.44. The van der Waals surface area contributed by atoms with Crippen LogP contribution in [0.2, 0.25) is 0 Å². The molecule has 168 valence electrons. The molecule has 3 rings (SSSR count). The Morgan fingerprint density at radius 1 is 1.32 bits per heavy atom. The lowest BCUT2D eigenvalue weighted by Gasteiger charge is -2.30. The fourth-order valence-electron chi connectivity index (χ4n) is 3.51. The van der Waals surface area contributed by atoms with Crippen LogP contribution in [0.4, 0.5) is 4.79 Å². The number of imidazole rings is 1. The number of likely N-dealkylation sites (tertiary alicyclic amines) is 1. The highest BCUT2D eigenvalue weighted by Crippen LogP contribution is 2.32. The molecule has 31 heavy (non-hydrogen) atoms. The molecule has 0 aliphatic carbocycles. The zero-order chi connectivity index (χ0) is 22.6. The summed E-state index contributed by atoms with van der Waals surface area (Å²) in [6.45, 7) is 6.35. The number of carbonyl (C=O) groups excluding carboxylic acids is 2. The van der Waals surface area contributed by atoms with Gasteiger partial charge in [0.1, 0.15) is 11.9 Å². The maximum Gasteiger partial charge on any atom is 0.407 e. The molecule has 1 aliphatic heterocycles. The van der Waals surface area contributed by atoms with Crippen LogP contribution in [0.1, 0.15) is 45.5 Å². The van der Waals surface area contributed by atoms with Crippen molar-refractivity contribution >= 4 is 27.9 Å². The first-order valence-corrected chi connectivity index (χ1v) is 11.1. The minimum atomic E-state index is -0.840. The summed E-state index contributed by atoms with van der Waals surface area (Å²) < 4.78 is 11.5. The number of ether oxygens (including phenoxy) is 2. The molecule has 1 aromatic heterocycles. The topological polar surface area (TPSA) is 96.5 Å². The number of nitrogens with one attached hydrogen (secondary N) is 2. The predicted molar refractivity (Wildman–Crippen MR) is 120 cm³/mol. The van der Waals surface area contributed by atoms with Crippen LogP contribution in [-0.4, -0.2) is 58.8 Å². The van der Waals surface area contributed by atoms with Gasteiger partial charge in [0.25, 0.3) is 0 Å². The van der Waals surface area contributed by atoms with Gasteiger partial charge in [-0.2, -0.15) is 0 Å². The molecule has 0 saturated carbocycles. The van der Waals surface area contributed by atoms with Gasteiger partial charge in [-0.1, -0.05) is 28.1 Å². The first kappa shape index (κ1) is 23.3. The van der Waals surface area contributed by atoms with Crippen molar-refractivity contribution in [2.75, 3.05) is 20.3 Å². The van der Waals surface area contributed by atoms with Gasteiger partial charge in [-0.05, 0) is 51.3 Å². The molecule has 1 fully saturated rings. The maximum atomic E-state index is 13.3. The summed E-state index contributed by atoms with van der Waals surface area (Å²) in [6, 6.07) is 6.92. The average Bonchev–Trinajstić information content (AvgIpc) is 3.39. The van der Waals surface area contributed by atoms with Gasteiger partial charge < -0.3 is 24.7 Å². The van der Waals surface area contributed by atoms with Gasteiger partial charge in [-0.25, -0.2) is 9.78 Å². The molecule has 2 N–H and O–H groups in total. The SMILES string of the molecule is COC(=O)N[C@@H](COC(C)(C)C)C(=O)N1CCC[C@H]1c1ncc(-c2ccc(Br)cc2)[nH]1. The molecule has 9 heteroatoms. The van der Waals surface area contributed by atoms with E-state index < -0.39 is 17.7 Å². The molecule has 1 saturated heterocycles. The lowest BCUT2D eigenvalue weighted by atomic mass is 10.1. The van der Waals surface area contributed by atoms with Crippen LogP contribution in [0.3, 0.4) is 0 Å².